The fraction of sp³-hybridized carbons (Fsp3) is 0.385. The maximum atomic E-state index is 12.2. The van der Waals surface area contributed by atoms with Gasteiger partial charge in [0.2, 0.25) is 0 Å². The summed E-state index contributed by atoms with van der Waals surface area (Å²) in [6.07, 6.45) is 2.49. The molecule has 1 aliphatic rings. The van der Waals surface area contributed by atoms with Crippen LogP contribution in [0, 0.1) is 10.1 Å². The van der Waals surface area contributed by atoms with Gasteiger partial charge in [0, 0.05) is 17.0 Å². The lowest BCUT2D eigenvalue weighted by Gasteiger charge is -2.15. The summed E-state index contributed by atoms with van der Waals surface area (Å²) in [4.78, 5) is 28.0. The molecule has 0 aliphatic heterocycles. The van der Waals surface area contributed by atoms with Crippen LogP contribution in [0.5, 0.6) is 0 Å². The summed E-state index contributed by atoms with van der Waals surface area (Å²) >= 11 is 1.41. The minimum absolute atomic E-state index is 0. The van der Waals surface area contributed by atoms with E-state index in [1.54, 1.807) is 0 Å². The van der Waals surface area contributed by atoms with Crippen LogP contribution in [-0.4, -0.2) is 26.4 Å². The quantitative estimate of drug-likeness (QED) is 0.642. The fourth-order valence-corrected chi connectivity index (χ4v) is 3.62. The third-order valence-corrected chi connectivity index (χ3v) is 4.75. The Bertz CT molecular complexity index is 757. The second kappa shape index (κ2) is 6.65. The van der Waals surface area contributed by atoms with E-state index < -0.39 is 10.8 Å². The summed E-state index contributed by atoms with van der Waals surface area (Å²) in [5, 5.41) is 14.0. The number of fused-ring (bicyclic) bond motifs is 1. The van der Waals surface area contributed by atoms with Crippen LogP contribution < -0.4 is 11.1 Å². The number of hydrogen-bond donors (Lipinski definition) is 2. The first kappa shape index (κ1) is 17.4. The van der Waals surface area contributed by atoms with Gasteiger partial charge in [-0.05, 0) is 30.3 Å². The molecule has 1 amide bonds. The number of nitrogens with zero attached hydrogens (tertiary/aromatic N) is 3. The molecule has 0 saturated heterocycles. The number of thiazole rings is 1. The monoisotopic (exact) mass is 357 g/mol. The van der Waals surface area contributed by atoms with E-state index in [1.165, 1.54) is 35.1 Å². The molecule has 3 N–H and O–H groups in total. The van der Waals surface area contributed by atoms with Crippen LogP contribution in [-0.2, 0) is 19.9 Å². The molecular formula is C13H16ClN5O3S. The first-order valence-corrected chi connectivity index (χ1v) is 7.63. The average molecular weight is 358 g/mol. The number of anilines is 1. The summed E-state index contributed by atoms with van der Waals surface area (Å²) < 4.78 is 1.25. The number of nitro groups is 1. The van der Waals surface area contributed by atoms with E-state index in [0.717, 1.165) is 29.8 Å². The topological polar surface area (TPSA) is 116 Å². The Labute approximate surface area is 142 Å². The van der Waals surface area contributed by atoms with Crippen LogP contribution >= 0.6 is 23.7 Å². The Morgan fingerprint density at radius 3 is 2.96 bits per heavy atom. The number of aromatic nitrogens is 2. The highest BCUT2D eigenvalue weighted by atomic mass is 35.5. The van der Waals surface area contributed by atoms with Gasteiger partial charge in [-0.25, -0.2) is 9.55 Å². The highest BCUT2D eigenvalue weighted by molar-refractivity contribution is 7.15. The van der Waals surface area contributed by atoms with Crippen LogP contribution in [0.2, 0.25) is 0 Å². The van der Waals surface area contributed by atoms with Crippen molar-refractivity contribution < 1.29 is 9.72 Å². The van der Waals surface area contributed by atoms with Crippen molar-refractivity contribution in [3.8, 4) is 0 Å². The molecule has 0 unspecified atom stereocenters. The van der Waals surface area contributed by atoms with E-state index >= 15 is 0 Å². The first-order valence-electron chi connectivity index (χ1n) is 6.81. The SMILES string of the molecule is Cl.Cn1c(C(=O)Nc2nc3c(s2)C[C@@H](N)CC3)ccc1[N+](=O)[O-]. The second-order valence-corrected chi connectivity index (χ2v) is 6.32. The van der Waals surface area contributed by atoms with Crippen molar-refractivity contribution in [2.75, 3.05) is 5.32 Å². The normalized spacial score (nSPS) is 16.3. The minimum Gasteiger partial charge on any atom is -0.358 e. The van der Waals surface area contributed by atoms with E-state index in [-0.39, 0.29) is 30.0 Å². The molecule has 10 heteroatoms. The molecule has 0 bridgehead atoms. The molecule has 23 heavy (non-hydrogen) atoms. The largest absolute Gasteiger partial charge is 0.358 e. The predicted molar refractivity (Wildman–Crippen MR) is 89.4 cm³/mol. The van der Waals surface area contributed by atoms with Gasteiger partial charge in [-0.2, -0.15) is 0 Å². The van der Waals surface area contributed by atoms with Gasteiger partial charge in [0.1, 0.15) is 0 Å². The van der Waals surface area contributed by atoms with Gasteiger partial charge in [-0.3, -0.25) is 10.1 Å². The molecule has 2 aromatic heterocycles. The van der Waals surface area contributed by atoms with Gasteiger partial charge in [0.25, 0.3) is 5.91 Å². The van der Waals surface area contributed by atoms with Gasteiger partial charge in [0.05, 0.1) is 12.7 Å². The maximum absolute atomic E-state index is 12.2. The molecule has 8 nitrogen and oxygen atoms in total. The van der Waals surface area contributed by atoms with Crippen LogP contribution in [0.25, 0.3) is 0 Å². The van der Waals surface area contributed by atoms with Crippen molar-refractivity contribution in [1.29, 1.82) is 0 Å². The van der Waals surface area contributed by atoms with E-state index in [9.17, 15) is 14.9 Å². The average Bonchev–Trinajstić information content (AvgIpc) is 3.01. The molecular weight excluding hydrogens is 342 g/mol. The first-order chi connectivity index (χ1) is 10.5. The Morgan fingerprint density at radius 1 is 1.57 bits per heavy atom. The lowest BCUT2D eigenvalue weighted by atomic mass is 9.99. The van der Waals surface area contributed by atoms with E-state index in [2.05, 4.69) is 10.3 Å². The molecule has 1 atom stereocenters. The van der Waals surface area contributed by atoms with Gasteiger partial charge < -0.3 is 15.8 Å². The Balaban J connectivity index is 0.00000192. The highest BCUT2D eigenvalue weighted by Crippen LogP contribution is 2.29. The Morgan fingerprint density at radius 2 is 2.30 bits per heavy atom. The van der Waals surface area contributed by atoms with Crippen LogP contribution in [0.1, 0.15) is 27.5 Å². The number of nitrogens with two attached hydrogens (primary N) is 1. The third-order valence-electron chi connectivity index (χ3n) is 3.71. The zero-order valence-electron chi connectivity index (χ0n) is 12.3. The number of rotatable bonds is 3. The summed E-state index contributed by atoms with van der Waals surface area (Å²) in [6.45, 7) is 0. The number of aryl methyl sites for hydroxylation is 1. The summed E-state index contributed by atoms with van der Waals surface area (Å²) in [5.41, 5.74) is 7.13. The second-order valence-electron chi connectivity index (χ2n) is 5.24. The van der Waals surface area contributed by atoms with E-state index in [1.807, 2.05) is 0 Å². The molecule has 0 fully saturated rings. The zero-order chi connectivity index (χ0) is 15.9. The number of halogens is 1. The van der Waals surface area contributed by atoms with Crippen molar-refractivity contribution in [2.45, 2.75) is 25.3 Å². The smallest absolute Gasteiger partial charge is 0.323 e. The third kappa shape index (κ3) is 3.36. The van der Waals surface area contributed by atoms with Crippen molar-refractivity contribution >= 4 is 40.6 Å². The molecule has 0 spiro atoms. The van der Waals surface area contributed by atoms with Crippen molar-refractivity contribution in [1.82, 2.24) is 9.55 Å². The molecule has 2 aromatic rings. The summed E-state index contributed by atoms with van der Waals surface area (Å²) in [7, 11) is 1.49. The predicted octanol–water partition coefficient (Wildman–Crippen LogP) is 1.88. The van der Waals surface area contributed by atoms with E-state index in [4.69, 9.17) is 5.73 Å². The standard InChI is InChI=1S/C13H15N5O3S.ClH/c1-17-9(4-5-11(17)18(20)21)12(19)16-13-15-8-3-2-7(14)6-10(8)22-13;/h4-5,7H,2-3,6,14H2,1H3,(H,15,16,19);1H/t7-;/m0./s1. The lowest BCUT2D eigenvalue weighted by Crippen LogP contribution is -2.27. The molecule has 124 valence electrons. The van der Waals surface area contributed by atoms with Gasteiger partial charge in [-0.15, -0.1) is 23.7 Å². The molecule has 0 radical (unpaired) electrons. The van der Waals surface area contributed by atoms with Crippen LogP contribution in [0.3, 0.4) is 0 Å². The molecule has 1 aliphatic carbocycles. The van der Waals surface area contributed by atoms with E-state index in [0.29, 0.717) is 5.13 Å². The van der Waals surface area contributed by atoms with Crippen molar-refractivity contribution in [3.05, 3.63) is 38.5 Å². The fourth-order valence-electron chi connectivity index (χ4n) is 2.53. The van der Waals surface area contributed by atoms with Crippen LogP contribution in [0.4, 0.5) is 10.9 Å². The number of carbonyl (C=O) groups is 1. The zero-order valence-corrected chi connectivity index (χ0v) is 13.9. The number of carbonyl (C=O) groups excluding carboxylic acids is 1. The lowest BCUT2D eigenvalue weighted by molar-refractivity contribution is -0.391. The van der Waals surface area contributed by atoms with Gasteiger partial charge in [-0.1, -0.05) is 0 Å². The molecule has 2 heterocycles. The Kier molecular flexibility index (Phi) is 5.03. The van der Waals surface area contributed by atoms with Crippen LogP contribution in [0.15, 0.2) is 12.1 Å². The molecule has 0 saturated carbocycles. The van der Waals surface area contributed by atoms with Gasteiger partial charge in [0.15, 0.2) is 10.8 Å². The highest BCUT2D eigenvalue weighted by Gasteiger charge is 2.24. The Hall–Kier alpha value is -1.97. The number of hydrogen-bond acceptors (Lipinski definition) is 6. The molecule has 3 rings (SSSR count). The number of amides is 1. The maximum Gasteiger partial charge on any atom is 0.323 e. The van der Waals surface area contributed by atoms with Gasteiger partial charge >= 0.3 is 5.82 Å². The molecule has 0 aromatic carbocycles. The summed E-state index contributed by atoms with van der Waals surface area (Å²) in [6, 6.07) is 2.88. The van der Waals surface area contributed by atoms with Crippen molar-refractivity contribution in [2.24, 2.45) is 12.8 Å². The summed E-state index contributed by atoms with van der Waals surface area (Å²) in [5.74, 6) is -0.541. The number of nitrogens with one attached hydrogen (secondary N) is 1. The van der Waals surface area contributed by atoms with Crippen molar-refractivity contribution in [3.63, 3.8) is 0 Å². The minimum atomic E-state index is -0.528.